The summed E-state index contributed by atoms with van der Waals surface area (Å²) in [5.41, 5.74) is 0.800. The van der Waals surface area contributed by atoms with E-state index >= 15 is 0 Å². The Morgan fingerprint density at radius 2 is 1.90 bits per heavy atom. The van der Waals surface area contributed by atoms with E-state index in [-0.39, 0.29) is 12.0 Å². The molecular weight excluding hydrogens is 256 g/mol. The summed E-state index contributed by atoms with van der Waals surface area (Å²) in [6.45, 7) is 1.36. The number of carbonyl (C=O) groups excluding carboxylic acids is 2. The van der Waals surface area contributed by atoms with Crippen LogP contribution < -0.4 is 5.32 Å². The highest BCUT2D eigenvalue weighted by Gasteiger charge is 2.24. The third-order valence-electron chi connectivity index (χ3n) is 3.61. The number of hydrogen-bond donors (Lipinski definition) is 1. The monoisotopic (exact) mass is 276 g/mol. The lowest BCUT2D eigenvalue weighted by Crippen LogP contribution is -2.41. The second-order valence-electron chi connectivity index (χ2n) is 5.01. The minimum Gasteiger partial charge on any atom is -0.469 e. The van der Waals surface area contributed by atoms with E-state index < -0.39 is 0 Å². The zero-order chi connectivity index (χ0) is 14.4. The number of carbonyl (C=O) groups is 2. The molecule has 1 aliphatic rings. The summed E-state index contributed by atoms with van der Waals surface area (Å²) < 4.78 is 4.67. The molecule has 0 radical (unpaired) electrons. The van der Waals surface area contributed by atoms with Crippen molar-refractivity contribution in [3.8, 4) is 0 Å². The summed E-state index contributed by atoms with van der Waals surface area (Å²) >= 11 is 0. The van der Waals surface area contributed by atoms with Gasteiger partial charge in [-0.05, 0) is 30.9 Å². The lowest BCUT2D eigenvalue weighted by molar-refractivity contribution is -0.142. The molecule has 108 valence electrons. The van der Waals surface area contributed by atoms with E-state index in [4.69, 9.17) is 0 Å². The molecule has 1 aromatic rings. The van der Waals surface area contributed by atoms with E-state index in [1.807, 2.05) is 30.3 Å². The van der Waals surface area contributed by atoms with Gasteiger partial charge in [-0.15, -0.1) is 0 Å². The van der Waals surface area contributed by atoms with Gasteiger partial charge in [0.1, 0.15) is 0 Å². The van der Waals surface area contributed by atoms with E-state index in [9.17, 15) is 9.59 Å². The van der Waals surface area contributed by atoms with Crippen molar-refractivity contribution in [3.05, 3.63) is 30.3 Å². The molecule has 20 heavy (non-hydrogen) atoms. The summed E-state index contributed by atoms with van der Waals surface area (Å²) in [6.07, 6.45) is 2.14. The summed E-state index contributed by atoms with van der Waals surface area (Å²) in [5.74, 6) is 0.153. The van der Waals surface area contributed by atoms with Crippen LogP contribution in [-0.2, 0) is 9.53 Å². The van der Waals surface area contributed by atoms with Crippen molar-refractivity contribution < 1.29 is 14.3 Å². The Labute approximate surface area is 118 Å². The molecule has 5 nitrogen and oxygen atoms in total. The van der Waals surface area contributed by atoms with Crippen LogP contribution in [0.1, 0.15) is 19.3 Å². The largest absolute Gasteiger partial charge is 0.469 e. The van der Waals surface area contributed by atoms with Gasteiger partial charge in [0, 0.05) is 25.2 Å². The summed E-state index contributed by atoms with van der Waals surface area (Å²) in [7, 11) is 1.41. The Kier molecular flexibility index (Phi) is 4.98. The van der Waals surface area contributed by atoms with Crippen LogP contribution in [0.3, 0.4) is 0 Å². The first-order valence-corrected chi connectivity index (χ1v) is 6.87. The van der Waals surface area contributed by atoms with Crippen LogP contribution in [0.4, 0.5) is 10.5 Å². The van der Waals surface area contributed by atoms with E-state index in [0.717, 1.165) is 18.5 Å². The van der Waals surface area contributed by atoms with Crippen LogP contribution in [0.2, 0.25) is 0 Å². The number of para-hydroxylation sites is 1. The van der Waals surface area contributed by atoms with Crippen LogP contribution in [0.25, 0.3) is 0 Å². The number of urea groups is 1. The number of rotatable bonds is 3. The topological polar surface area (TPSA) is 58.6 Å². The molecule has 0 spiro atoms. The van der Waals surface area contributed by atoms with E-state index in [2.05, 4.69) is 10.1 Å². The van der Waals surface area contributed by atoms with Crippen molar-refractivity contribution in [2.45, 2.75) is 19.3 Å². The van der Waals surface area contributed by atoms with Gasteiger partial charge in [0.2, 0.25) is 0 Å². The third kappa shape index (κ3) is 3.98. The Hall–Kier alpha value is -2.04. The molecule has 0 saturated carbocycles. The summed E-state index contributed by atoms with van der Waals surface area (Å²) in [5, 5.41) is 2.87. The Morgan fingerprint density at radius 1 is 1.25 bits per heavy atom. The molecule has 2 amide bonds. The zero-order valence-electron chi connectivity index (χ0n) is 11.7. The van der Waals surface area contributed by atoms with Gasteiger partial charge in [-0.3, -0.25) is 4.79 Å². The minimum absolute atomic E-state index is 0.0762. The second-order valence-corrected chi connectivity index (χ2v) is 5.01. The van der Waals surface area contributed by atoms with Gasteiger partial charge < -0.3 is 15.0 Å². The number of nitrogens with one attached hydrogen (secondary N) is 1. The van der Waals surface area contributed by atoms with Gasteiger partial charge in [-0.2, -0.15) is 0 Å². The minimum atomic E-state index is -0.169. The van der Waals surface area contributed by atoms with Crippen molar-refractivity contribution in [2.24, 2.45) is 5.92 Å². The average molecular weight is 276 g/mol. The van der Waals surface area contributed by atoms with Crippen LogP contribution >= 0.6 is 0 Å². The quantitative estimate of drug-likeness (QED) is 0.863. The lowest BCUT2D eigenvalue weighted by Gasteiger charge is -2.31. The van der Waals surface area contributed by atoms with Gasteiger partial charge in [-0.1, -0.05) is 18.2 Å². The molecule has 0 atom stereocenters. The van der Waals surface area contributed by atoms with Crippen molar-refractivity contribution in [2.75, 3.05) is 25.5 Å². The maximum absolute atomic E-state index is 12.1. The molecule has 2 rings (SSSR count). The average Bonchev–Trinajstić information content (AvgIpc) is 2.49. The maximum atomic E-state index is 12.1. The Bertz CT molecular complexity index is 453. The number of hydrogen-bond acceptors (Lipinski definition) is 3. The fourth-order valence-electron chi connectivity index (χ4n) is 2.38. The molecule has 1 fully saturated rings. The first kappa shape index (κ1) is 14.4. The molecule has 0 aliphatic carbocycles. The molecular formula is C15H20N2O3. The van der Waals surface area contributed by atoms with E-state index in [1.165, 1.54) is 7.11 Å². The van der Waals surface area contributed by atoms with Crippen LogP contribution in [-0.4, -0.2) is 37.1 Å². The highest BCUT2D eigenvalue weighted by Crippen LogP contribution is 2.21. The number of nitrogens with zero attached hydrogens (tertiary/aromatic N) is 1. The summed E-state index contributed by atoms with van der Waals surface area (Å²) in [4.78, 5) is 25.1. The van der Waals surface area contributed by atoms with Crippen molar-refractivity contribution in [3.63, 3.8) is 0 Å². The van der Waals surface area contributed by atoms with Gasteiger partial charge in [0.25, 0.3) is 0 Å². The van der Waals surface area contributed by atoms with E-state index in [0.29, 0.717) is 25.4 Å². The second kappa shape index (κ2) is 6.93. The number of esters is 1. The first-order chi connectivity index (χ1) is 9.69. The molecule has 0 unspecified atom stereocenters. The first-order valence-electron chi connectivity index (χ1n) is 6.87. The van der Waals surface area contributed by atoms with Gasteiger partial charge in [-0.25, -0.2) is 4.79 Å². The van der Waals surface area contributed by atoms with Crippen molar-refractivity contribution in [1.29, 1.82) is 0 Å². The fraction of sp³-hybridized carbons (Fsp3) is 0.467. The van der Waals surface area contributed by atoms with Crippen molar-refractivity contribution >= 4 is 17.7 Å². The smallest absolute Gasteiger partial charge is 0.321 e. The van der Waals surface area contributed by atoms with Crippen molar-refractivity contribution in [1.82, 2.24) is 4.90 Å². The molecule has 1 saturated heterocycles. The molecule has 5 heteroatoms. The zero-order valence-corrected chi connectivity index (χ0v) is 11.7. The maximum Gasteiger partial charge on any atom is 0.321 e. The predicted molar refractivity (Wildman–Crippen MR) is 76.4 cm³/mol. The normalized spacial score (nSPS) is 15.8. The van der Waals surface area contributed by atoms with Crippen LogP contribution in [0.5, 0.6) is 0 Å². The molecule has 1 N–H and O–H groups in total. The molecule has 0 aromatic heterocycles. The Morgan fingerprint density at radius 3 is 2.50 bits per heavy atom. The summed E-state index contributed by atoms with van der Waals surface area (Å²) in [6, 6.07) is 9.33. The molecule has 1 heterocycles. The number of piperidine rings is 1. The number of anilines is 1. The SMILES string of the molecule is COC(=O)CC1CCN(C(=O)Nc2ccccc2)CC1. The standard InChI is InChI=1S/C15H20N2O3/c1-20-14(18)11-12-7-9-17(10-8-12)15(19)16-13-5-3-2-4-6-13/h2-6,12H,7-11H2,1H3,(H,16,19). The van der Waals surface area contributed by atoms with Gasteiger partial charge in [0.05, 0.1) is 7.11 Å². The lowest BCUT2D eigenvalue weighted by atomic mass is 9.94. The molecule has 1 aliphatic heterocycles. The predicted octanol–water partition coefficient (Wildman–Crippen LogP) is 2.49. The Balaban J connectivity index is 1.78. The third-order valence-corrected chi connectivity index (χ3v) is 3.61. The number of likely N-dealkylation sites (tertiary alicyclic amines) is 1. The number of ether oxygens (including phenoxy) is 1. The van der Waals surface area contributed by atoms with E-state index in [1.54, 1.807) is 4.90 Å². The number of amides is 2. The van der Waals surface area contributed by atoms with Crippen LogP contribution in [0.15, 0.2) is 30.3 Å². The molecule has 1 aromatic carbocycles. The van der Waals surface area contributed by atoms with Crippen LogP contribution in [0, 0.1) is 5.92 Å². The number of methoxy groups -OCH3 is 1. The number of benzene rings is 1. The molecule has 0 bridgehead atoms. The fourth-order valence-corrected chi connectivity index (χ4v) is 2.38. The highest BCUT2D eigenvalue weighted by molar-refractivity contribution is 5.89. The highest BCUT2D eigenvalue weighted by atomic mass is 16.5. The van der Waals surface area contributed by atoms with Gasteiger partial charge in [0.15, 0.2) is 0 Å². The van der Waals surface area contributed by atoms with Gasteiger partial charge >= 0.3 is 12.0 Å².